The molecule has 0 spiro atoms. The van der Waals surface area contributed by atoms with Gasteiger partial charge in [0.25, 0.3) is 0 Å². The van der Waals surface area contributed by atoms with Crippen molar-refractivity contribution in [3.05, 3.63) is 0 Å². The van der Waals surface area contributed by atoms with Gasteiger partial charge in [0.2, 0.25) is 0 Å². The molecule has 0 bridgehead atoms. The number of carbonyl (C=O) groups is 2. The average Bonchev–Trinajstić information content (AvgIpc) is 2.79. The number of piperidine rings is 1. The van der Waals surface area contributed by atoms with Crippen molar-refractivity contribution in [1.82, 2.24) is 10.2 Å². The number of aliphatic carboxylic acids is 1. The number of aliphatic hydroxyl groups is 1. The van der Waals surface area contributed by atoms with Gasteiger partial charge in [-0.05, 0) is 25.7 Å². The maximum Gasteiger partial charge on any atom is 0.329 e. The lowest BCUT2D eigenvalue weighted by Gasteiger charge is -2.33. The summed E-state index contributed by atoms with van der Waals surface area (Å²) in [6.07, 6.45) is 3.47. The lowest BCUT2D eigenvalue weighted by Crippen LogP contribution is -2.57. The van der Waals surface area contributed by atoms with E-state index in [1.165, 1.54) is 0 Å². The van der Waals surface area contributed by atoms with Gasteiger partial charge in [0.15, 0.2) is 0 Å². The highest BCUT2D eigenvalue weighted by molar-refractivity contribution is 5.86. The molecule has 18 heavy (non-hydrogen) atoms. The molecule has 1 aliphatic carbocycles. The Morgan fingerprint density at radius 1 is 1.17 bits per heavy atom. The number of nitrogens with one attached hydrogen (secondary N) is 1. The standard InChI is InChI=1S/C12H20N2O4/c15-9-3-7-14(8-4-9)11(18)13-12(10(16)17)5-1-2-6-12/h9,15H,1-8H2,(H,13,18)(H,16,17). The lowest BCUT2D eigenvalue weighted by atomic mass is 9.98. The van der Waals surface area contributed by atoms with Crippen LogP contribution in [0.5, 0.6) is 0 Å². The van der Waals surface area contributed by atoms with Gasteiger partial charge in [-0.3, -0.25) is 0 Å². The molecule has 0 aromatic heterocycles. The number of carbonyl (C=O) groups excluding carboxylic acids is 1. The van der Waals surface area contributed by atoms with E-state index in [-0.39, 0.29) is 12.1 Å². The summed E-state index contributed by atoms with van der Waals surface area (Å²) in [7, 11) is 0. The number of carboxylic acid groups (broad SMARTS) is 1. The Morgan fingerprint density at radius 3 is 2.22 bits per heavy atom. The summed E-state index contributed by atoms with van der Waals surface area (Å²) in [5, 5.41) is 21.3. The lowest BCUT2D eigenvalue weighted by molar-refractivity contribution is -0.144. The largest absolute Gasteiger partial charge is 0.480 e. The molecular weight excluding hydrogens is 236 g/mol. The van der Waals surface area contributed by atoms with Gasteiger partial charge >= 0.3 is 12.0 Å². The maximum absolute atomic E-state index is 12.0. The molecule has 0 aromatic carbocycles. The van der Waals surface area contributed by atoms with Crippen LogP contribution in [0.2, 0.25) is 0 Å². The SMILES string of the molecule is O=C(NC1(C(=O)O)CCCC1)N1CCC(O)CC1. The molecule has 1 saturated carbocycles. The van der Waals surface area contributed by atoms with Gasteiger partial charge in [-0.15, -0.1) is 0 Å². The number of hydrogen-bond donors (Lipinski definition) is 3. The van der Waals surface area contributed by atoms with Crippen LogP contribution >= 0.6 is 0 Å². The quantitative estimate of drug-likeness (QED) is 0.673. The molecule has 1 aliphatic heterocycles. The van der Waals surface area contributed by atoms with Crippen molar-refractivity contribution in [1.29, 1.82) is 0 Å². The molecule has 0 radical (unpaired) electrons. The molecule has 2 amide bonds. The second-order valence-corrected chi connectivity index (χ2v) is 5.24. The number of carboxylic acids is 1. The van der Waals surface area contributed by atoms with E-state index in [1.54, 1.807) is 4.90 Å². The fourth-order valence-electron chi connectivity index (χ4n) is 2.72. The molecule has 1 heterocycles. The number of rotatable bonds is 2. The third-order valence-electron chi connectivity index (χ3n) is 3.96. The van der Waals surface area contributed by atoms with Gasteiger partial charge in [-0.25, -0.2) is 9.59 Å². The number of amides is 2. The predicted molar refractivity (Wildman–Crippen MR) is 64.2 cm³/mol. The first-order chi connectivity index (χ1) is 8.53. The third-order valence-corrected chi connectivity index (χ3v) is 3.96. The van der Waals surface area contributed by atoms with Crippen LogP contribution in [0.15, 0.2) is 0 Å². The molecule has 6 nitrogen and oxygen atoms in total. The number of hydrogen-bond acceptors (Lipinski definition) is 3. The van der Waals surface area contributed by atoms with E-state index in [2.05, 4.69) is 5.32 Å². The second-order valence-electron chi connectivity index (χ2n) is 5.24. The van der Waals surface area contributed by atoms with Crippen LogP contribution in [-0.2, 0) is 4.79 Å². The minimum Gasteiger partial charge on any atom is -0.480 e. The van der Waals surface area contributed by atoms with Crippen molar-refractivity contribution in [2.45, 2.75) is 50.2 Å². The Balaban J connectivity index is 1.95. The normalized spacial score (nSPS) is 23.9. The zero-order valence-electron chi connectivity index (χ0n) is 10.4. The number of urea groups is 1. The smallest absolute Gasteiger partial charge is 0.329 e. The van der Waals surface area contributed by atoms with Crippen LogP contribution in [0.4, 0.5) is 4.79 Å². The maximum atomic E-state index is 12.0. The summed E-state index contributed by atoms with van der Waals surface area (Å²) >= 11 is 0. The van der Waals surface area contributed by atoms with Crippen LogP contribution in [-0.4, -0.2) is 51.8 Å². The molecule has 0 unspecified atom stereocenters. The summed E-state index contributed by atoms with van der Waals surface area (Å²) in [4.78, 5) is 25.0. The van der Waals surface area contributed by atoms with E-state index >= 15 is 0 Å². The van der Waals surface area contributed by atoms with E-state index in [9.17, 15) is 19.8 Å². The summed E-state index contributed by atoms with van der Waals surface area (Å²) in [5.74, 6) is -0.939. The zero-order chi connectivity index (χ0) is 13.2. The Kier molecular flexibility index (Phi) is 3.75. The third kappa shape index (κ3) is 2.58. The van der Waals surface area contributed by atoms with Gasteiger partial charge in [0.1, 0.15) is 5.54 Å². The molecule has 2 rings (SSSR count). The molecule has 102 valence electrons. The highest BCUT2D eigenvalue weighted by Gasteiger charge is 2.43. The van der Waals surface area contributed by atoms with Crippen LogP contribution in [0, 0.1) is 0 Å². The van der Waals surface area contributed by atoms with Crippen LogP contribution in [0.3, 0.4) is 0 Å². The predicted octanol–water partition coefficient (Wildman–Crippen LogP) is 0.550. The first kappa shape index (κ1) is 13.1. The van der Waals surface area contributed by atoms with Crippen molar-refractivity contribution >= 4 is 12.0 Å². The second kappa shape index (κ2) is 5.14. The Bertz CT molecular complexity index is 331. The molecule has 3 N–H and O–H groups in total. The first-order valence-corrected chi connectivity index (χ1v) is 6.52. The zero-order valence-corrected chi connectivity index (χ0v) is 10.4. The molecule has 2 fully saturated rings. The monoisotopic (exact) mass is 256 g/mol. The van der Waals surface area contributed by atoms with E-state index in [1.807, 2.05) is 0 Å². The topological polar surface area (TPSA) is 89.9 Å². The molecule has 6 heteroatoms. The van der Waals surface area contributed by atoms with Gasteiger partial charge in [0.05, 0.1) is 6.10 Å². The van der Waals surface area contributed by atoms with Crippen LogP contribution in [0.1, 0.15) is 38.5 Å². The van der Waals surface area contributed by atoms with Crippen LogP contribution in [0.25, 0.3) is 0 Å². The van der Waals surface area contributed by atoms with Gasteiger partial charge < -0.3 is 20.4 Å². The van der Waals surface area contributed by atoms with Crippen molar-refractivity contribution in [3.63, 3.8) is 0 Å². The number of likely N-dealkylation sites (tertiary alicyclic amines) is 1. The summed E-state index contributed by atoms with van der Waals surface area (Å²) in [5.41, 5.74) is -1.08. The molecule has 0 atom stereocenters. The highest BCUT2D eigenvalue weighted by Crippen LogP contribution is 2.30. The Hall–Kier alpha value is -1.30. The Labute approximate surface area is 106 Å². The van der Waals surface area contributed by atoms with E-state index in [0.717, 1.165) is 12.8 Å². The van der Waals surface area contributed by atoms with Crippen molar-refractivity contribution in [2.75, 3.05) is 13.1 Å². The molecule has 2 aliphatic rings. The van der Waals surface area contributed by atoms with Crippen molar-refractivity contribution in [3.8, 4) is 0 Å². The van der Waals surface area contributed by atoms with Gasteiger partial charge in [0, 0.05) is 13.1 Å². The molecular formula is C12H20N2O4. The van der Waals surface area contributed by atoms with E-state index in [4.69, 9.17) is 0 Å². The molecule has 0 aromatic rings. The number of aliphatic hydroxyl groups excluding tert-OH is 1. The highest BCUT2D eigenvalue weighted by atomic mass is 16.4. The van der Waals surface area contributed by atoms with Crippen molar-refractivity contribution in [2.24, 2.45) is 0 Å². The fraction of sp³-hybridized carbons (Fsp3) is 0.833. The summed E-state index contributed by atoms with van der Waals surface area (Å²) in [6.45, 7) is 0.978. The first-order valence-electron chi connectivity index (χ1n) is 6.52. The van der Waals surface area contributed by atoms with E-state index in [0.29, 0.717) is 38.8 Å². The van der Waals surface area contributed by atoms with Crippen molar-refractivity contribution < 1.29 is 19.8 Å². The minimum atomic E-state index is -1.08. The van der Waals surface area contributed by atoms with E-state index < -0.39 is 11.5 Å². The number of nitrogens with zero attached hydrogens (tertiary/aromatic N) is 1. The summed E-state index contributed by atoms with van der Waals surface area (Å²) < 4.78 is 0. The van der Waals surface area contributed by atoms with Gasteiger partial charge in [-0.2, -0.15) is 0 Å². The average molecular weight is 256 g/mol. The summed E-state index contributed by atoms with van der Waals surface area (Å²) in [6, 6.07) is -0.314. The Morgan fingerprint density at radius 2 is 1.72 bits per heavy atom. The van der Waals surface area contributed by atoms with Crippen LogP contribution < -0.4 is 5.32 Å². The molecule has 1 saturated heterocycles. The van der Waals surface area contributed by atoms with Gasteiger partial charge in [-0.1, -0.05) is 12.8 Å². The minimum absolute atomic E-state index is 0.314. The fourth-order valence-corrected chi connectivity index (χ4v) is 2.72.